The standard InChI is InChI=1S/C44H40N6/c1-47-41-21-11-9-19-37(41)39-29-33(23-25-43(39)47)31-45-49(35-15-5-3-6-16-35)27-13-14-28-50(36-17-7-4-8-18-36)46-32-34-24-26-44-40(30-34)38-20-10-12-22-42(38)48(44)2/h3-12,15-26,29-32H,13-14,27-28H2,1-2H3/b45-31-,46-32-. The third kappa shape index (κ3) is 6.12. The summed E-state index contributed by atoms with van der Waals surface area (Å²) in [6.07, 6.45) is 5.88. The normalized spacial score (nSPS) is 12.0. The summed E-state index contributed by atoms with van der Waals surface area (Å²) < 4.78 is 4.52. The molecular formula is C44H40N6. The number of nitrogens with zero attached hydrogens (tertiary/aromatic N) is 6. The summed E-state index contributed by atoms with van der Waals surface area (Å²) in [5.41, 5.74) is 9.26. The Balaban J connectivity index is 0.992. The van der Waals surface area contributed by atoms with Crippen LogP contribution < -0.4 is 10.0 Å². The minimum Gasteiger partial charge on any atom is -0.344 e. The lowest BCUT2D eigenvalue weighted by Gasteiger charge is -2.22. The van der Waals surface area contributed by atoms with Crippen molar-refractivity contribution in [2.45, 2.75) is 12.8 Å². The number of aromatic nitrogens is 2. The Kier molecular flexibility index (Phi) is 8.58. The Morgan fingerprint density at radius 2 is 0.820 bits per heavy atom. The minimum absolute atomic E-state index is 0.793. The first-order valence-corrected chi connectivity index (χ1v) is 17.3. The SMILES string of the molecule is Cn1c2ccccc2c2cc(/C=N\N(CCCCN(/N=C\c3ccc4c(c3)c3ccccc3n4C)c3ccccc3)c3ccccc3)ccc21. The van der Waals surface area contributed by atoms with E-state index >= 15 is 0 Å². The molecule has 0 saturated carbocycles. The van der Waals surface area contributed by atoms with Crippen LogP contribution in [0.3, 0.4) is 0 Å². The zero-order chi connectivity index (χ0) is 33.9. The molecule has 0 saturated heterocycles. The van der Waals surface area contributed by atoms with Crippen molar-refractivity contribution >= 4 is 67.4 Å². The number of hydrogen-bond donors (Lipinski definition) is 0. The number of unbranched alkanes of at least 4 members (excludes halogenated alkanes) is 1. The molecule has 50 heavy (non-hydrogen) atoms. The van der Waals surface area contributed by atoms with Crippen LogP contribution in [0.4, 0.5) is 11.4 Å². The van der Waals surface area contributed by atoms with Gasteiger partial charge in [-0.15, -0.1) is 0 Å². The van der Waals surface area contributed by atoms with Gasteiger partial charge in [0.1, 0.15) is 0 Å². The van der Waals surface area contributed by atoms with Crippen LogP contribution >= 0.6 is 0 Å². The summed E-state index contributed by atoms with van der Waals surface area (Å²) in [6.45, 7) is 1.59. The third-order valence-electron chi connectivity index (χ3n) is 9.67. The molecule has 0 aliphatic rings. The fraction of sp³-hybridized carbons (Fsp3) is 0.136. The maximum atomic E-state index is 5.01. The van der Waals surface area contributed by atoms with Gasteiger partial charge in [-0.1, -0.05) is 84.9 Å². The maximum absolute atomic E-state index is 5.01. The molecule has 246 valence electrons. The molecule has 6 heteroatoms. The van der Waals surface area contributed by atoms with Crippen molar-refractivity contribution in [2.75, 3.05) is 23.1 Å². The second-order valence-electron chi connectivity index (χ2n) is 12.8. The highest BCUT2D eigenvalue weighted by Crippen LogP contribution is 2.30. The Labute approximate surface area is 292 Å². The molecule has 0 bridgehead atoms. The van der Waals surface area contributed by atoms with Gasteiger partial charge in [0.2, 0.25) is 0 Å². The average Bonchev–Trinajstić information content (AvgIpc) is 3.62. The van der Waals surface area contributed by atoms with Gasteiger partial charge in [0.15, 0.2) is 0 Å². The molecular weight excluding hydrogens is 613 g/mol. The van der Waals surface area contributed by atoms with Crippen molar-refractivity contribution in [2.24, 2.45) is 24.3 Å². The van der Waals surface area contributed by atoms with E-state index in [0.29, 0.717) is 0 Å². The van der Waals surface area contributed by atoms with E-state index in [0.717, 1.165) is 48.4 Å². The molecule has 0 spiro atoms. The van der Waals surface area contributed by atoms with Crippen molar-refractivity contribution in [3.63, 3.8) is 0 Å². The molecule has 8 rings (SSSR count). The van der Waals surface area contributed by atoms with E-state index in [4.69, 9.17) is 10.2 Å². The molecule has 0 amide bonds. The van der Waals surface area contributed by atoms with E-state index in [1.807, 2.05) is 24.6 Å². The van der Waals surface area contributed by atoms with Crippen molar-refractivity contribution in [3.8, 4) is 0 Å². The van der Waals surface area contributed by atoms with Crippen LogP contribution in [0.15, 0.2) is 156 Å². The Morgan fingerprint density at radius 1 is 0.440 bits per heavy atom. The molecule has 0 radical (unpaired) electrons. The number of hydrogen-bond acceptors (Lipinski definition) is 4. The molecule has 0 atom stereocenters. The van der Waals surface area contributed by atoms with E-state index in [1.165, 1.54) is 43.6 Å². The Morgan fingerprint density at radius 3 is 1.26 bits per heavy atom. The van der Waals surface area contributed by atoms with Gasteiger partial charge < -0.3 is 9.13 Å². The summed E-state index contributed by atoms with van der Waals surface area (Å²) in [7, 11) is 4.26. The van der Waals surface area contributed by atoms with Crippen molar-refractivity contribution in [1.29, 1.82) is 0 Å². The summed E-state index contributed by atoms with van der Waals surface area (Å²) in [6, 6.07) is 51.2. The van der Waals surface area contributed by atoms with Crippen LogP contribution in [0.1, 0.15) is 24.0 Å². The van der Waals surface area contributed by atoms with Crippen LogP contribution in [0.5, 0.6) is 0 Å². The van der Waals surface area contributed by atoms with Gasteiger partial charge in [0.25, 0.3) is 0 Å². The molecule has 6 nitrogen and oxygen atoms in total. The molecule has 0 fully saturated rings. The van der Waals surface area contributed by atoms with Crippen LogP contribution in [0.25, 0.3) is 43.6 Å². The van der Waals surface area contributed by atoms with Crippen molar-refractivity contribution in [1.82, 2.24) is 9.13 Å². The van der Waals surface area contributed by atoms with Gasteiger partial charge in [-0.2, -0.15) is 10.2 Å². The molecule has 0 aliphatic heterocycles. The van der Waals surface area contributed by atoms with Gasteiger partial charge in [0.05, 0.1) is 23.8 Å². The first-order chi connectivity index (χ1) is 24.6. The van der Waals surface area contributed by atoms with Gasteiger partial charge in [0, 0.05) is 70.8 Å². The van der Waals surface area contributed by atoms with Crippen LogP contribution in [0, 0.1) is 0 Å². The van der Waals surface area contributed by atoms with Crippen molar-refractivity contribution < 1.29 is 0 Å². The number of rotatable bonds is 11. The fourth-order valence-electron chi connectivity index (χ4n) is 7.03. The number of fused-ring (bicyclic) bond motifs is 6. The lowest BCUT2D eigenvalue weighted by atomic mass is 10.1. The summed E-state index contributed by atoms with van der Waals surface area (Å²) in [5.74, 6) is 0. The molecule has 0 aliphatic carbocycles. The third-order valence-corrected chi connectivity index (χ3v) is 9.67. The summed E-state index contributed by atoms with van der Waals surface area (Å²) in [5, 5.41) is 19.3. The lowest BCUT2D eigenvalue weighted by molar-refractivity contribution is 0.681. The van der Waals surface area contributed by atoms with Gasteiger partial charge in [-0.05, 0) is 84.6 Å². The molecule has 2 aromatic heterocycles. The summed E-state index contributed by atoms with van der Waals surface area (Å²) >= 11 is 0. The smallest absolute Gasteiger partial charge is 0.0593 e. The van der Waals surface area contributed by atoms with E-state index < -0.39 is 0 Å². The summed E-state index contributed by atoms with van der Waals surface area (Å²) in [4.78, 5) is 0. The predicted molar refractivity (Wildman–Crippen MR) is 213 cm³/mol. The fourth-order valence-corrected chi connectivity index (χ4v) is 7.03. The van der Waals surface area contributed by atoms with Crippen LogP contribution in [0.2, 0.25) is 0 Å². The lowest BCUT2D eigenvalue weighted by Crippen LogP contribution is -2.22. The van der Waals surface area contributed by atoms with Crippen molar-refractivity contribution in [3.05, 3.63) is 157 Å². The van der Waals surface area contributed by atoms with Gasteiger partial charge in [-0.25, -0.2) is 0 Å². The number of benzene rings is 6. The molecule has 0 unspecified atom stereocenters. The number of anilines is 2. The van der Waals surface area contributed by atoms with Gasteiger partial charge >= 0.3 is 0 Å². The van der Waals surface area contributed by atoms with E-state index in [1.54, 1.807) is 0 Å². The van der Waals surface area contributed by atoms with Gasteiger partial charge in [-0.3, -0.25) is 10.0 Å². The van der Waals surface area contributed by atoms with E-state index in [-0.39, 0.29) is 0 Å². The maximum Gasteiger partial charge on any atom is 0.0593 e. The molecule has 0 N–H and O–H groups in total. The highest BCUT2D eigenvalue weighted by molar-refractivity contribution is 6.10. The van der Waals surface area contributed by atoms with Crippen LogP contribution in [-0.2, 0) is 14.1 Å². The number of para-hydroxylation sites is 4. The molecule has 2 heterocycles. The Bertz CT molecular complexity index is 2300. The second-order valence-corrected chi connectivity index (χ2v) is 12.8. The number of hydrazone groups is 2. The van der Waals surface area contributed by atoms with Crippen LogP contribution in [-0.4, -0.2) is 34.7 Å². The zero-order valence-electron chi connectivity index (χ0n) is 28.5. The largest absolute Gasteiger partial charge is 0.344 e. The monoisotopic (exact) mass is 652 g/mol. The average molecular weight is 653 g/mol. The van der Waals surface area contributed by atoms with E-state index in [9.17, 15) is 0 Å². The minimum atomic E-state index is 0.793. The Hall–Kier alpha value is -6.14. The second kappa shape index (κ2) is 13.8. The molecule has 6 aromatic carbocycles. The van der Waals surface area contributed by atoms with E-state index in [2.05, 4.69) is 167 Å². The highest BCUT2D eigenvalue weighted by Gasteiger charge is 2.11. The first kappa shape index (κ1) is 31.1. The molecule has 8 aromatic rings. The predicted octanol–water partition coefficient (Wildman–Crippen LogP) is 10.1. The quantitative estimate of drug-likeness (QED) is 0.0793. The zero-order valence-corrected chi connectivity index (χ0v) is 28.5. The topological polar surface area (TPSA) is 41.1 Å². The highest BCUT2D eigenvalue weighted by atomic mass is 15.5. The number of aryl methyl sites for hydroxylation is 2. The first-order valence-electron chi connectivity index (χ1n) is 17.3.